The van der Waals surface area contributed by atoms with E-state index in [1.165, 1.54) is 33.7 Å². The van der Waals surface area contributed by atoms with E-state index >= 15 is 0 Å². The van der Waals surface area contributed by atoms with Gasteiger partial charge in [0.05, 0.1) is 22.0 Å². The quantitative estimate of drug-likeness (QED) is 0.429. The molecule has 2 amide bonds. The molecule has 200 valence electrons. The highest BCUT2D eigenvalue weighted by molar-refractivity contribution is 7.99. The Bertz CT molecular complexity index is 1280. The summed E-state index contributed by atoms with van der Waals surface area (Å²) < 4.78 is 0. The lowest BCUT2D eigenvalue weighted by molar-refractivity contribution is -0.137. The number of hydrogen-bond donors (Lipinski definition) is 2. The van der Waals surface area contributed by atoms with E-state index in [0.717, 1.165) is 69.8 Å². The van der Waals surface area contributed by atoms with Gasteiger partial charge in [0.25, 0.3) is 0 Å². The van der Waals surface area contributed by atoms with Crippen molar-refractivity contribution in [3.63, 3.8) is 0 Å². The van der Waals surface area contributed by atoms with Gasteiger partial charge in [0.15, 0.2) is 0 Å². The number of aromatic nitrogens is 2. The minimum Gasteiger partial charge on any atom is -0.353 e. The van der Waals surface area contributed by atoms with Crippen LogP contribution in [-0.4, -0.2) is 82.6 Å². The van der Waals surface area contributed by atoms with Crippen molar-refractivity contribution < 1.29 is 9.59 Å². The molecule has 1 aromatic heterocycles. The first kappa shape index (κ1) is 24.7. The number of nitrogens with one attached hydrogen (secondary N) is 1. The van der Waals surface area contributed by atoms with Gasteiger partial charge in [-0.2, -0.15) is 17.6 Å². The fourth-order valence-electron chi connectivity index (χ4n) is 6.23. The van der Waals surface area contributed by atoms with Gasteiger partial charge in [-0.15, -0.1) is 11.8 Å². The molecule has 2 atom stereocenters. The molecule has 5 aliphatic rings. The summed E-state index contributed by atoms with van der Waals surface area (Å²) in [4.78, 5) is 44.9. The molecule has 6 heterocycles. The number of rotatable bonds is 5. The normalized spacial score (nSPS) is 25.8. The van der Waals surface area contributed by atoms with Crippen molar-refractivity contribution >= 4 is 48.0 Å². The SMILES string of the molecule is O=C1CCC(N2Cc3c(CN4CCN(c5nc(N6CCC6)nc6c5SCC6)CC4)cccc3C2S)C(=O)N1. The number of piperidine rings is 1. The van der Waals surface area contributed by atoms with Gasteiger partial charge in [-0.3, -0.25) is 24.7 Å². The maximum Gasteiger partial charge on any atom is 0.243 e. The molecule has 7 rings (SSSR count). The Morgan fingerprint density at radius 2 is 1.87 bits per heavy atom. The molecule has 1 aromatic carbocycles. The van der Waals surface area contributed by atoms with Crippen LogP contribution in [-0.2, 0) is 29.1 Å². The minimum absolute atomic E-state index is 0.135. The predicted molar refractivity (Wildman–Crippen MR) is 151 cm³/mol. The van der Waals surface area contributed by atoms with E-state index in [-0.39, 0.29) is 23.2 Å². The smallest absolute Gasteiger partial charge is 0.243 e. The molecular formula is C27H33N7O2S2. The zero-order valence-electron chi connectivity index (χ0n) is 21.4. The van der Waals surface area contributed by atoms with Crippen LogP contribution in [0.5, 0.6) is 0 Å². The fraction of sp³-hybridized carbons (Fsp3) is 0.556. The van der Waals surface area contributed by atoms with Crippen molar-refractivity contribution in [3.05, 3.63) is 40.6 Å². The highest BCUT2D eigenvalue weighted by Gasteiger charge is 2.40. The van der Waals surface area contributed by atoms with E-state index in [0.29, 0.717) is 19.4 Å². The van der Waals surface area contributed by atoms with Crippen molar-refractivity contribution in [2.24, 2.45) is 0 Å². The Balaban J connectivity index is 1.04. The predicted octanol–water partition coefficient (Wildman–Crippen LogP) is 2.21. The Morgan fingerprint density at radius 3 is 2.63 bits per heavy atom. The number of thioether (sulfide) groups is 1. The molecule has 38 heavy (non-hydrogen) atoms. The molecule has 0 spiro atoms. The van der Waals surface area contributed by atoms with Crippen LogP contribution in [0.4, 0.5) is 11.8 Å². The zero-order valence-corrected chi connectivity index (χ0v) is 23.1. The van der Waals surface area contributed by atoms with E-state index in [9.17, 15) is 9.59 Å². The molecule has 9 nitrogen and oxygen atoms in total. The van der Waals surface area contributed by atoms with E-state index in [1.54, 1.807) is 0 Å². The van der Waals surface area contributed by atoms with Crippen LogP contribution in [0.3, 0.4) is 0 Å². The second kappa shape index (κ2) is 10.0. The number of imide groups is 1. The number of nitrogens with zero attached hydrogens (tertiary/aromatic N) is 6. The van der Waals surface area contributed by atoms with Crippen molar-refractivity contribution in [3.8, 4) is 0 Å². The van der Waals surface area contributed by atoms with Gasteiger partial charge < -0.3 is 9.80 Å². The lowest BCUT2D eigenvalue weighted by Gasteiger charge is -2.37. The number of carbonyl (C=O) groups excluding carboxylic acids is 2. The minimum atomic E-state index is -0.312. The van der Waals surface area contributed by atoms with Gasteiger partial charge in [0.2, 0.25) is 17.8 Å². The molecular weight excluding hydrogens is 518 g/mol. The fourth-order valence-corrected chi connectivity index (χ4v) is 7.84. The van der Waals surface area contributed by atoms with Crippen molar-refractivity contribution in [1.82, 2.24) is 25.1 Å². The first-order chi connectivity index (χ1) is 18.5. The second-order valence-corrected chi connectivity index (χ2v) is 12.4. The van der Waals surface area contributed by atoms with Crippen LogP contribution < -0.4 is 15.1 Å². The van der Waals surface area contributed by atoms with E-state index in [1.807, 2.05) is 11.8 Å². The van der Waals surface area contributed by atoms with Crippen LogP contribution in [0.15, 0.2) is 23.1 Å². The number of anilines is 2. The summed E-state index contributed by atoms with van der Waals surface area (Å²) in [6.45, 7) is 7.57. The third-order valence-corrected chi connectivity index (χ3v) is 10.2. The van der Waals surface area contributed by atoms with Crippen LogP contribution in [0, 0.1) is 0 Å². The lowest BCUT2D eigenvalue weighted by atomic mass is 10.0. The molecule has 3 fully saturated rings. The summed E-state index contributed by atoms with van der Waals surface area (Å²) in [5, 5.41) is 2.37. The average molecular weight is 552 g/mol. The summed E-state index contributed by atoms with van der Waals surface area (Å²) in [5.74, 6) is 2.77. The number of thiol groups is 1. The lowest BCUT2D eigenvalue weighted by Crippen LogP contribution is -2.51. The maximum atomic E-state index is 12.6. The Hall–Kier alpha value is -2.34. The summed E-state index contributed by atoms with van der Waals surface area (Å²) in [5.41, 5.74) is 5.00. The van der Waals surface area contributed by atoms with Gasteiger partial charge in [0.1, 0.15) is 5.82 Å². The summed E-state index contributed by atoms with van der Waals surface area (Å²) in [6, 6.07) is 6.14. The molecule has 1 N–H and O–H groups in total. The number of benzene rings is 1. The Kier molecular flexibility index (Phi) is 6.50. The number of fused-ring (bicyclic) bond motifs is 2. The van der Waals surface area contributed by atoms with Gasteiger partial charge >= 0.3 is 0 Å². The standard InChI is InChI=1S/C27H33N7O2S2/c35-22-6-5-21(25(36)29-22)34-16-19-17(3-1-4-18(19)26(34)37)15-31-10-12-32(13-11-31)24-23-20(7-14-38-23)28-27(30-24)33-8-2-9-33/h1,3-4,21,26,37H,2,5-16H2,(H,29,35,36). The third-order valence-electron chi connectivity index (χ3n) is 8.55. The average Bonchev–Trinajstić information content (AvgIpc) is 3.48. The topological polar surface area (TPSA) is 84.9 Å². The molecule has 11 heteroatoms. The Labute approximate surface area is 232 Å². The molecule has 0 bridgehead atoms. The van der Waals surface area contributed by atoms with Crippen molar-refractivity contribution in [2.75, 3.05) is 54.8 Å². The first-order valence-electron chi connectivity index (χ1n) is 13.7. The van der Waals surface area contributed by atoms with Crippen LogP contribution in [0.2, 0.25) is 0 Å². The number of aryl methyl sites for hydroxylation is 1. The second-order valence-electron chi connectivity index (χ2n) is 10.8. The number of amides is 2. The van der Waals surface area contributed by atoms with Crippen LogP contribution >= 0.6 is 24.4 Å². The molecule has 0 radical (unpaired) electrons. The van der Waals surface area contributed by atoms with E-state index in [4.69, 9.17) is 22.6 Å². The largest absolute Gasteiger partial charge is 0.353 e. The summed E-state index contributed by atoms with van der Waals surface area (Å²) in [6.07, 6.45) is 3.20. The van der Waals surface area contributed by atoms with E-state index < -0.39 is 0 Å². The number of carbonyl (C=O) groups is 2. The molecule has 2 aromatic rings. The number of hydrogen-bond acceptors (Lipinski definition) is 10. The molecule has 5 aliphatic heterocycles. The third kappa shape index (κ3) is 4.37. The van der Waals surface area contributed by atoms with Crippen LogP contribution in [0.1, 0.15) is 47.0 Å². The highest BCUT2D eigenvalue weighted by Crippen LogP contribution is 2.42. The zero-order chi connectivity index (χ0) is 25.8. The van der Waals surface area contributed by atoms with Gasteiger partial charge in [-0.05, 0) is 29.5 Å². The van der Waals surface area contributed by atoms with Crippen molar-refractivity contribution in [1.29, 1.82) is 0 Å². The molecule has 3 saturated heterocycles. The van der Waals surface area contributed by atoms with Gasteiger partial charge in [-0.25, -0.2) is 4.98 Å². The van der Waals surface area contributed by atoms with Crippen LogP contribution in [0.25, 0.3) is 0 Å². The molecule has 0 saturated carbocycles. The van der Waals surface area contributed by atoms with Crippen molar-refractivity contribution in [2.45, 2.75) is 55.1 Å². The monoisotopic (exact) mass is 551 g/mol. The molecule has 0 aliphatic carbocycles. The summed E-state index contributed by atoms with van der Waals surface area (Å²) in [7, 11) is 0. The maximum absolute atomic E-state index is 12.6. The Morgan fingerprint density at radius 1 is 1.03 bits per heavy atom. The van der Waals surface area contributed by atoms with E-state index in [2.05, 4.69) is 43.1 Å². The first-order valence-corrected chi connectivity index (χ1v) is 15.2. The number of piperazine rings is 1. The highest BCUT2D eigenvalue weighted by atomic mass is 32.2. The van der Waals surface area contributed by atoms with Gasteiger partial charge in [0, 0.05) is 71.0 Å². The molecule has 2 unspecified atom stereocenters. The van der Waals surface area contributed by atoms with Gasteiger partial charge in [-0.1, -0.05) is 18.2 Å². The summed E-state index contributed by atoms with van der Waals surface area (Å²) >= 11 is 6.80.